The van der Waals surface area contributed by atoms with Crippen molar-refractivity contribution in [3.8, 4) is 0 Å². The Morgan fingerprint density at radius 2 is 1.63 bits per heavy atom. The summed E-state index contributed by atoms with van der Waals surface area (Å²) in [5, 5.41) is 0.920. The van der Waals surface area contributed by atoms with Gasteiger partial charge in [0.1, 0.15) is 0 Å². The van der Waals surface area contributed by atoms with Gasteiger partial charge in [0.15, 0.2) is 5.78 Å². The van der Waals surface area contributed by atoms with Gasteiger partial charge in [-0.05, 0) is 24.3 Å². The number of H-pyrrole nitrogens is 1. The molecule has 0 bridgehead atoms. The maximum absolute atomic E-state index is 12.6. The molecular weight excluding hydrogens is 370 g/mol. The molecule has 0 aliphatic heterocycles. The Balaban J connectivity index is 2.21. The number of ketones is 1. The molecule has 0 radical (unpaired) electrons. The van der Waals surface area contributed by atoms with E-state index in [1.54, 1.807) is 6.20 Å². The summed E-state index contributed by atoms with van der Waals surface area (Å²) in [4.78, 5) is 15.8. The van der Waals surface area contributed by atoms with E-state index in [4.69, 9.17) is 0 Å². The van der Waals surface area contributed by atoms with Crippen LogP contribution in [0.4, 0.5) is 0 Å². The molecule has 0 saturated carbocycles. The Hall–Kier alpha value is -1.39. The molecule has 2 nitrogen and oxygen atoms in total. The van der Waals surface area contributed by atoms with Crippen LogP contribution in [0.25, 0.3) is 10.9 Å². The molecule has 1 N–H and O–H groups in total. The number of halogens is 2. The van der Waals surface area contributed by atoms with Gasteiger partial charge in [0, 0.05) is 37.2 Å². The van der Waals surface area contributed by atoms with E-state index in [0.717, 1.165) is 19.8 Å². The topological polar surface area (TPSA) is 32.9 Å². The van der Waals surface area contributed by atoms with Crippen molar-refractivity contribution >= 4 is 48.5 Å². The number of hydrogen-bond donors (Lipinski definition) is 1. The summed E-state index contributed by atoms with van der Waals surface area (Å²) in [7, 11) is 0. The van der Waals surface area contributed by atoms with E-state index in [9.17, 15) is 4.79 Å². The predicted octanol–water partition coefficient (Wildman–Crippen LogP) is 4.92. The van der Waals surface area contributed by atoms with Gasteiger partial charge in [-0.2, -0.15) is 0 Å². The summed E-state index contributed by atoms with van der Waals surface area (Å²) in [5.74, 6) is 0.00521. The number of carbonyl (C=O) groups excluding carboxylic acids is 1. The van der Waals surface area contributed by atoms with Gasteiger partial charge in [-0.15, -0.1) is 0 Å². The Kier molecular flexibility index (Phi) is 3.29. The highest BCUT2D eigenvalue weighted by atomic mass is 79.9. The van der Waals surface area contributed by atoms with Crippen molar-refractivity contribution in [2.45, 2.75) is 0 Å². The highest BCUT2D eigenvalue weighted by molar-refractivity contribution is 9.11. The first kappa shape index (κ1) is 12.6. The third-order valence-corrected chi connectivity index (χ3v) is 4.37. The summed E-state index contributed by atoms with van der Waals surface area (Å²) in [6, 6.07) is 13.3. The minimum absolute atomic E-state index is 0.00521. The molecule has 1 aromatic heterocycles. The van der Waals surface area contributed by atoms with Crippen LogP contribution in [0.1, 0.15) is 15.9 Å². The SMILES string of the molecule is O=C(c1ccccc1Br)c1c[nH]c2cccc(Br)c12. The second-order valence-corrected chi connectivity index (χ2v) is 5.88. The summed E-state index contributed by atoms with van der Waals surface area (Å²) in [6.45, 7) is 0. The van der Waals surface area contributed by atoms with E-state index in [0.29, 0.717) is 11.1 Å². The van der Waals surface area contributed by atoms with Gasteiger partial charge in [0.25, 0.3) is 0 Å². The third kappa shape index (κ3) is 2.15. The Bertz CT molecular complexity index is 777. The molecule has 0 unspecified atom stereocenters. The van der Waals surface area contributed by atoms with Crippen molar-refractivity contribution in [2.24, 2.45) is 0 Å². The summed E-state index contributed by atoms with van der Waals surface area (Å²) in [5.41, 5.74) is 2.29. The van der Waals surface area contributed by atoms with E-state index in [2.05, 4.69) is 36.8 Å². The van der Waals surface area contributed by atoms with E-state index in [-0.39, 0.29) is 5.78 Å². The van der Waals surface area contributed by atoms with Gasteiger partial charge in [-0.3, -0.25) is 4.79 Å². The molecule has 0 spiro atoms. The number of aromatic amines is 1. The molecule has 94 valence electrons. The molecule has 0 amide bonds. The molecule has 0 fully saturated rings. The van der Waals surface area contributed by atoms with E-state index in [1.807, 2.05) is 42.5 Å². The number of carbonyl (C=O) groups is 1. The van der Waals surface area contributed by atoms with Crippen LogP contribution in [0.3, 0.4) is 0 Å². The quantitative estimate of drug-likeness (QED) is 0.630. The van der Waals surface area contributed by atoms with E-state index >= 15 is 0 Å². The number of benzene rings is 2. The molecule has 0 atom stereocenters. The Labute approximate surface area is 127 Å². The first-order valence-electron chi connectivity index (χ1n) is 5.73. The van der Waals surface area contributed by atoms with Crippen LogP contribution in [0.2, 0.25) is 0 Å². The zero-order chi connectivity index (χ0) is 13.4. The second kappa shape index (κ2) is 4.94. The van der Waals surface area contributed by atoms with Crippen LogP contribution in [0.5, 0.6) is 0 Å². The standard InChI is InChI=1S/C15H9Br2NO/c16-11-5-2-1-4-9(11)15(19)10-8-18-13-7-3-6-12(17)14(10)13/h1-8,18H. The molecule has 0 saturated heterocycles. The van der Waals surface area contributed by atoms with Crippen molar-refractivity contribution < 1.29 is 4.79 Å². The van der Waals surface area contributed by atoms with Crippen molar-refractivity contribution in [1.82, 2.24) is 4.98 Å². The van der Waals surface area contributed by atoms with Crippen LogP contribution in [0.15, 0.2) is 57.6 Å². The van der Waals surface area contributed by atoms with Crippen LogP contribution < -0.4 is 0 Å². The largest absolute Gasteiger partial charge is 0.360 e. The van der Waals surface area contributed by atoms with Crippen LogP contribution >= 0.6 is 31.9 Å². The highest BCUT2D eigenvalue weighted by Crippen LogP contribution is 2.29. The Morgan fingerprint density at radius 3 is 2.42 bits per heavy atom. The molecular formula is C15H9Br2NO. The number of nitrogens with one attached hydrogen (secondary N) is 1. The summed E-state index contributed by atoms with van der Waals surface area (Å²) >= 11 is 6.92. The minimum atomic E-state index is 0.00521. The lowest BCUT2D eigenvalue weighted by Crippen LogP contribution is -2.01. The number of fused-ring (bicyclic) bond motifs is 1. The average molecular weight is 379 g/mol. The lowest BCUT2D eigenvalue weighted by molar-refractivity contribution is 0.103. The van der Waals surface area contributed by atoms with Crippen LogP contribution in [0, 0.1) is 0 Å². The van der Waals surface area contributed by atoms with Crippen molar-refractivity contribution in [1.29, 1.82) is 0 Å². The molecule has 2 aromatic carbocycles. The zero-order valence-corrected chi connectivity index (χ0v) is 13.0. The monoisotopic (exact) mass is 377 g/mol. The Morgan fingerprint density at radius 1 is 0.895 bits per heavy atom. The summed E-state index contributed by atoms with van der Waals surface area (Å²) in [6.07, 6.45) is 1.76. The van der Waals surface area contributed by atoms with Crippen LogP contribution in [-0.4, -0.2) is 10.8 Å². The fraction of sp³-hybridized carbons (Fsp3) is 0. The fourth-order valence-corrected chi connectivity index (χ4v) is 3.15. The smallest absolute Gasteiger partial charge is 0.196 e. The molecule has 1 heterocycles. The van der Waals surface area contributed by atoms with Crippen molar-refractivity contribution in [3.63, 3.8) is 0 Å². The number of rotatable bonds is 2. The van der Waals surface area contributed by atoms with Gasteiger partial charge in [-0.25, -0.2) is 0 Å². The van der Waals surface area contributed by atoms with E-state index in [1.165, 1.54) is 0 Å². The first-order valence-corrected chi connectivity index (χ1v) is 7.32. The molecule has 0 aliphatic rings. The maximum atomic E-state index is 12.6. The number of aromatic nitrogens is 1. The molecule has 19 heavy (non-hydrogen) atoms. The number of hydrogen-bond acceptors (Lipinski definition) is 1. The third-order valence-electron chi connectivity index (χ3n) is 3.02. The van der Waals surface area contributed by atoms with Crippen molar-refractivity contribution in [2.75, 3.05) is 0 Å². The average Bonchev–Trinajstić information content (AvgIpc) is 2.84. The van der Waals surface area contributed by atoms with Gasteiger partial charge >= 0.3 is 0 Å². The first-order chi connectivity index (χ1) is 9.18. The van der Waals surface area contributed by atoms with Gasteiger partial charge < -0.3 is 4.98 Å². The van der Waals surface area contributed by atoms with Crippen molar-refractivity contribution in [3.05, 3.63) is 68.7 Å². The maximum Gasteiger partial charge on any atom is 0.196 e. The zero-order valence-electron chi connectivity index (χ0n) is 9.78. The second-order valence-electron chi connectivity index (χ2n) is 4.17. The lowest BCUT2D eigenvalue weighted by atomic mass is 10.0. The van der Waals surface area contributed by atoms with Gasteiger partial charge in [-0.1, -0.05) is 50.1 Å². The minimum Gasteiger partial charge on any atom is -0.360 e. The summed E-state index contributed by atoms with van der Waals surface area (Å²) < 4.78 is 1.73. The molecule has 4 heteroatoms. The highest BCUT2D eigenvalue weighted by Gasteiger charge is 2.17. The lowest BCUT2D eigenvalue weighted by Gasteiger charge is -2.03. The van der Waals surface area contributed by atoms with E-state index < -0.39 is 0 Å². The molecule has 3 rings (SSSR count). The van der Waals surface area contributed by atoms with Crippen LogP contribution in [-0.2, 0) is 0 Å². The predicted molar refractivity (Wildman–Crippen MR) is 83.6 cm³/mol. The van der Waals surface area contributed by atoms with Gasteiger partial charge in [0.05, 0.1) is 0 Å². The fourth-order valence-electron chi connectivity index (χ4n) is 2.11. The molecule has 3 aromatic rings. The van der Waals surface area contributed by atoms with Gasteiger partial charge in [0.2, 0.25) is 0 Å². The normalized spacial score (nSPS) is 10.8. The molecule has 0 aliphatic carbocycles.